The summed E-state index contributed by atoms with van der Waals surface area (Å²) in [5.74, 6) is -1.24. The SMILES string of the molecule is CC1(C)[C@@]2(C(=O)O[C@@H]3CN(C(=O)OCc4ccccc4)CC[C@H]3c3c(-c4ccccc4)[nH]c4ccc(Cl)cc34)CC[C@]1(C)C(=O)O2. The van der Waals surface area contributed by atoms with Crippen LogP contribution in [-0.2, 0) is 30.4 Å². The maximum Gasteiger partial charge on any atom is 0.410 e. The number of carbonyl (C=O) groups excluding carboxylic acids is 3. The Bertz CT molecular complexity index is 1820. The fraction of sp³-hybridized carbons (Fsp3) is 0.378. The molecule has 1 aliphatic carbocycles. The number of nitrogens with zero attached hydrogens (tertiary/aromatic N) is 1. The molecule has 3 heterocycles. The van der Waals surface area contributed by atoms with Crippen molar-refractivity contribution in [1.82, 2.24) is 9.88 Å². The van der Waals surface area contributed by atoms with E-state index in [2.05, 4.69) is 4.98 Å². The molecule has 2 bridgehead atoms. The summed E-state index contributed by atoms with van der Waals surface area (Å²) in [5, 5.41) is 1.52. The Kier molecular flexibility index (Phi) is 7.39. The van der Waals surface area contributed by atoms with E-state index in [-0.39, 0.29) is 25.0 Å². The van der Waals surface area contributed by atoms with Gasteiger partial charge in [-0.1, -0.05) is 86.1 Å². The summed E-state index contributed by atoms with van der Waals surface area (Å²) in [5.41, 5.74) is 1.70. The number of ether oxygens (including phenoxy) is 3. The van der Waals surface area contributed by atoms with E-state index in [1.807, 2.05) is 99.6 Å². The van der Waals surface area contributed by atoms with Crippen LogP contribution in [0.3, 0.4) is 0 Å². The standard InChI is InChI=1S/C37H37ClN2O6/c1-35(2)36(3)17-18-37(35,46-32(36)41)33(42)45-29-21-40(34(43)44-22-23-10-6-4-7-11-23)19-16-26(29)30-27-20-25(38)14-15-28(27)39-31(30)24-12-8-5-9-13-24/h4-15,20,26,29,39H,16-19,21-22H2,1-3H3/t26-,29-,36-,37+/m1/s1. The monoisotopic (exact) mass is 640 g/mol. The van der Waals surface area contributed by atoms with Crippen LogP contribution >= 0.6 is 11.6 Å². The van der Waals surface area contributed by atoms with Gasteiger partial charge >= 0.3 is 18.0 Å². The highest BCUT2D eigenvalue weighted by Gasteiger charge is 2.76. The minimum absolute atomic E-state index is 0.118. The second kappa shape index (κ2) is 11.2. The lowest BCUT2D eigenvalue weighted by Crippen LogP contribution is -2.53. The summed E-state index contributed by atoms with van der Waals surface area (Å²) >= 11 is 6.52. The van der Waals surface area contributed by atoms with E-state index in [1.54, 1.807) is 4.90 Å². The van der Waals surface area contributed by atoms with Gasteiger partial charge in [0.2, 0.25) is 5.60 Å². The van der Waals surface area contributed by atoms with Crippen LogP contribution in [0.4, 0.5) is 4.79 Å². The summed E-state index contributed by atoms with van der Waals surface area (Å²) in [6, 6.07) is 25.2. The molecule has 0 unspecified atom stereocenters. The number of hydrogen-bond donors (Lipinski definition) is 1. The molecular formula is C37H37ClN2O6. The number of halogens is 1. The third-order valence-electron chi connectivity index (χ3n) is 10.9. The summed E-state index contributed by atoms with van der Waals surface area (Å²) in [6.45, 7) is 6.34. The van der Waals surface area contributed by atoms with Gasteiger partial charge in [0.1, 0.15) is 12.7 Å². The number of H-pyrrole nitrogens is 1. The molecule has 0 spiro atoms. The molecule has 3 aromatic carbocycles. The molecule has 1 N–H and O–H groups in total. The zero-order valence-corrected chi connectivity index (χ0v) is 26.9. The molecule has 9 heteroatoms. The fourth-order valence-corrected chi connectivity index (χ4v) is 7.85. The Hall–Kier alpha value is -4.30. The van der Waals surface area contributed by atoms with Crippen molar-refractivity contribution in [2.24, 2.45) is 10.8 Å². The van der Waals surface area contributed by atoms with Crippen molar-refractivity contribution >= 4 is 40.5 Å². The van der Waals surface area contributed by atoms with Crippen molar-refractivity contribution in [2.45, 2.75) is 64.3 Å². The molecule has 46 heavy (non-hydrogen) atoms. The number of hydrogen-bond acceptors (Lipinski definition) is 6. The number of piperidine rings is 1. The van der Waals surface area contributed by atoms with Crippen molar-refractivity contribution in [1.29, 1.82) is 0 Å². The van der Waals surface area contributed by atoms with Gasteiger partial charge in [-0.2, -0.15) is 0 Å². The summed E-state index contributed by atoms with van der Waals surface area (Å²) in [7, 11) is 0. The first-order valence-electron chi connectivity index (χ1n) is 15.8. The average Bonchev–Trinajstić information content (AvgIpc) is 3.58. The molecule has 1 aromatic heterocycles. The topological polar surface area (TPSA) is 97.9 Å². The van der Waals surface area contributed by atoms with Gasteiger partial charge in [-0.15, -0.1) is 0 Å². The number of rotatable bonds is 6. The van der Waals surface area contributed by atoms with Crippen molar-refractivity contribution in [2.75, 3.05) is 13.1 Å². The van der Waals surface area contributed by atoms with Crippen LogP contribution in [0.2, 0.25) is 5.02 Å². The first kappa shape index (κ1) is 30.4. The van der Waals surface area contributed by atoms with Gasteiger partial charge in [-0.05, 0) is 61.1 Å². The van der Waals surface area contributed by atoms with Crippen molar-refractivity contribution in [3.05, 3.63) is 95.0 Å². The van der Waals surface area contributed by atoms with E-state index in [4.69, 9.17) is 25.8 Å². The van der Waals surface area contributed by atoms with Gasteiger partial charge in [0.15, 0.2) is 0 Å². The number of amides is 1. The highest BCUT2D eigenvalue weighted by atomic mass is 35.5. The number of fused-ring (bicyclic) bond motifs is 3. The highest BCUT2D eigenvalue weighted by molar-refractivity contribution is 6.31. The predicted octanol–water partition coefficient (Wildman–Crippen LogP) is 7.65. The van der Waals surface area contributed by atoms with E-state index in [0.717, 1.165) is 33.3 Å². The van der Waals surface area contributed by atoms with Gasteiger partial charge in [-0.25, -0.2) is 9.59 Å². The Labute approximate surface area is 273 Å². The van der Waals surface area contributed by atoms with E-state index in [1.165, 1.54) is 0 Å². The zero-order valence-electron chi connectivity index (χ0n) is 26.2. The lowest BCUT2D eigenvalue weighted by molar-refractivity contribution is -0.189. The van der Waals surface area contributed by atoms with Gasteiger partial charge in [-0.3, -0.25) is 4.79 Å². The second-order valence-corrected chi connectivity index (χ2v) is 13.9. The molecule has 2 aliphatic heterocycles. The number of nitrogens with one attached hydrogen (secondary N) is 1. The highest BCUT2D eigenvalue weighted by Crippen LogP contribution is 2.66. The Balaban J connectivity index is 1.26. The molecule has 4 aromatic rings. The molecule has 3 fully saturated rings. The van der Waals surface area contributed by atoms with Crippen LogP contribution in [0.25, 0.3) is 22.2 Å². The number of likely N-dealkylation sites (tertiary alicyclic amines) is 1. The summed E-state index contributed by atoms with van der Waals surface area (Å²) in [4.78, 5) is 45.9. The first-order chi connectivity index (χ1) is 22.0. The van der Waals surface area contributed by atoms with Gasteiger partial charge in [0, 0.05) is 33.8 Å². The second-order valence-electron chi connectivity index (χ2n) is 13.5. The number of aromatic nitrogens is 1. The Morgan fingerprint density at radius 3 is 2.39 bits per heavy atom. The maximum absolute atomic E-state index is 14.3. The Morgan fingerprint density at radius 2 is 1.72 bits per heavy atom. The van der Waals surface area contributed by atoms with Gasteiger partial charge in [0.05, 0.1) is 17.7 Å². The molecule has 0 radical (unpaired) electrons. The molecule has 7 rings (SSSR count). The molecule has 8 nitrogen and oxygen atoms in total. The number of aromatic amines is 1. The van der Waals surface area contributed by atoms with E-state index < -0.39 is 34.6 Å². The van der Waals surface area contributed by atoms with Crippen molar-refractivity contribution < 1.29 is 28.6 Å². The largest absolute Gasteiger partial charge is 0.457 e. The maximum atomic E-state index is 14.3. The smallest absolute Gasteiger partial charge is 0.410 e. The van der Waals surface area contributed by atoms with Crippen LogP contribution in [0.1, 0.15) is 57.1 Å². The lowest BCUT2D eigenvalue weighted by Gasteiger charge is -2.41. The van der Waals surface area contributed by atoms with Crippen molar-refractivity contribution in [3.8, 4) is 11.3 Å². The van der Waals surface area contributed by atoms with E-state index >= 15 is 0 Å². The average molecular weight is 641 g/mol. The van der Waals surface area contributed by atoms with E-state index in [9.17, 15) is 14.4 Å². The molecule has 1 saturated carbocycles. The fourth-order valence-electron chi connectivity index (χ4n) is 7.68. The van der Waals surface area contributed by atoms with Crippen LogP contribution in [0, 0.1) is 10.8 Å². The van der Waals surface area contributed by atoms with Crippen LogP contribution in [-0.4, -0.2) is 52.7 Å². The third-order valence-corrected chi connectivity index (χ3v) is 11.2. The normalized spacial score (nSPS) is 26.6. The number of carbonyl (C=O) groups is 3. The van der Waals surface area contributed by atoms with Gasteiger partial charge in [0.25, 0.3) is 0 Å². The quantitative estimate of drug-likeness (QED) is 0.172. The molecular weight excluding hydrogens is 604 g/mol. The summed E-state index contributed by atoms with van der Waals surface area (Å²) < 4.78 is 18.0. The molecule has 1 amide bonds. The van der Waals surface area contributed by atoms with E-state index in [0.29, 0.717) is 30.8 Å². The number of esters is 2. The predicted molar refractivity (Wildman–Crippen MR) is 174 cm³/mol. The molecule has 238 valence electrons. The molecule has 2 saturated heterocycles. The van der Waals surface area contributed by atoms with Crippen LogP contribution in [0.15, 0.2) is 78.9 Å². The molecule has 4 atom stereocenters. The summed E-state index contributed by atoms with van der Waals surface area (Å²) in [6.07, 6.45) is 0.208. The first-order valence-corrected chi connectivity index (χ1v) is 16.2. The van der Waals surface area contributed by atoms with Gasteiger partial charge < -0.3 is 24.1 Å². The lowest BCUT2D eigenvalue weighted by atomic mass is 9.66. The van der Waals surface area contributed by atoms with Crippen LogP contribution in [0.5, 0.6) is 0 Å². The zero-order chi connectivity index (χ0) is 32.3. The van der Waals surface area contributed by atoms with Crippen molar-refractivity contribution in [3.63, 3.8) is 0 Å². The minimum atomic E-state index is -1.40. The minimum Gasteiger partial charge on any atom is -0.457 e. The third kappa shape index (κ3) is 4.68. The number of benzene rings is 3. The Morgan fingerprint density at radius 1 is 1.00 bits per heavy atom. The molecule has 3 aliphatic rings. The van der Waals surface area contributed by atoms with Crippen LogP contribution < -0.4 is 0 Å².